The molecule has 1 aromatic heterocycles. The van der Waals surface area contributed by atoms with E-state index in [2.05, 4.69) is 15.3 Å². The first-order chi connectivity index (χ1) is 6.74. The topological polar surface area (TPSA) is 58.0 Å². The number of hydrogen-bond donors (Lipinski definition) is 2. The number of aromatic nitrogens is 2. The number of rotatable bonds is 3. The molecule has 0 amide bonds. The van der Waals surface area contributed by atoms with E-state index in [4.69, 9.17) is 11.6 Å². The molecule has 5 heteroatoms. The van der Waals surface area contributed by atoms with Crippen molar-refractivity contribution in [2.45, 2.75) is 24.8 Å². The van der Waals surface area contributed by atoms with E-state index in [9.17, 15) is 5.11 Å². The Morgan fingerprint density at radius 3 is 2.79 bits per heavy atom. The molecule has 1 fully saturated rings. The monoisotopic (exact) mass is 213 g/mol. The van der Waals surface area contributed by atoms with Crippen LogP contribution in [0.1, 0.15) is 19.3 Å². The SMILES string of the molecule is OCC1(Nc2cncc(Cl)n2)CCC1. The quantitative estimate of drug-likeness (QED) is 0.798. The molecule has 0 bridgehead atoms. The molecule has 0 aliphatic heterocycles. The number of nitrogens with one attached hydrogen (secondary N) is 1. The van der Waals surface area contributed by atoms with Crippen LogP contribution in [-0.2, 0) is 0 Å². The summed E-state index contributed by atoms with van der Waals surface area (Å²) in [5, 5.41) is 12.8. The molecule has 2 rings (SSSR count). The predicted octanol–water partition coefficient (Wildman–Crippen LogP) is 1.46. The van der Waals surface area contributed by atoms with Crippen LogP contribution in [-0.4, -0.2) is 27.2 Å². The van der Waals surface area contributed by atoms with Gasteiger partial charge in [0, 0.05) is 0 Å². The lowest BCUT2D eigenvalue weighted by Gasteiger charge is -2.41. The largest absolute Gasteiger partial charge is 0.394 e. The lowest BCUT2D eigenvalue weighted by Crippen LogP contribution is -2.48. The van der Waals surface area contributed by atoms with Crippen LogP contribution in [0, 0.1) is 0 Å². The second-order valence-corrected chi connectivity index (χ2v) is 4.03. The molecule has 4 nitrogen and oxygen atoms in total. The van der Waals surface area contributed by atoms with Gasteiger partial charge in [-0.1, -0.05) is 11.6 Å². The van der Waals surface area contributed by atoms with Gasteiger partial charge in [0.2, 0.25) is 0 Å². The molecule has 1 saturated carbocycles. The average molecular weight is 214 g/mol. The lowest BCUT2D eigenvalue weighted by atomic mass is 9.77. The summed E-state index contributed by atoms with van der Waals surface area (Å²) in [4.78, 5) is 7.99. The van der Waals surface area contributed by atoms with Gasteiger partial charge < -0.3 is 10.4 Å². The minimum Gasteiger partial charge on any atom is -0.394 e. The molecule has 0 saturated heterocycles. The summed E-state index contributed by atoms with van der Waals surface area (Å²) in [5.74, 6) is 0.631. The molecule has 0 aromatic carbocycles. The van der Waals surface area contributed by atoms with Gasteiger partial charge in [0.05, 0.1) is 24.5 Å². The van der Waals surface area contributed by atoms with Gasteiger partial charge in [0.25, 0.3) is 0 Å². The van der Waals surface area contributed by atoms with Crippen molar-refractivity contribution in [2.75, 3.05) is 11.9 Å². The van der Waals surface area contributed by atoms with Gasteiger partial charge >= 0.3 is 0 Å². The smallest absolute Gasteiger partial charge is 0.149 e. The van der Waals surface area contributed by atoms with Crippen molar-refractivity contribution < 1.29 is 5.11 Å². The van der Waals surface area contributed by atoms with Crippen LogP contribution in [0.5, 0.6) is 0 Å². The second-order valence-electron chi connectivity index (χ2n) is 3.64. The van der Waals surface area contributed by atoms with Gasteiger partial charge in [0.15, 0.2) is 0 Å². The molecular weight excluding hydrogens is 202 g/mol. The van der Waals surface area contributed by atoms with Gasteiger partial charge in [-0.15, -0.1) is 0 Å². The molecular formula is C9H12ClN3O. The molecule has 0 radical (unpaired) electrons. The van der Waals surface area contributed by atoms with Crippen LogP contribution < -0.4 is 5.32 Å². The van der Waals surface area contributed by atoms with Gasteiger partial charge in [-0.2, -0.15) is 0 Å². The van der Waals surface area contributed by atoms with Gasteiger partial charge in [-0.25, -0.2) is 4.98 Å². The maximum atomic E-state index is 9.22. The van der Waals surface area contributed by atoms with Crippen molar-refractivity contribution in [1.29, 1.82) is 0 Å². The van der Waals surface area contributed by atoms with E-state index in [0.29, 0.717) is 11.0 Å². The fourth-order valence-electron chi connectivity index (χ4n) is 1.60. The molecule has 0 spiro atoms. The Labute approximate surface area is 87.3 Å². The Bertz CT molecular complexity index is 322. The van der Waals surface area contributed by atoms with Crippen LogP contribution in [0.15, 0.2) is 12.4 Å². The van der Waals surface area contributed by atoms with Crippen molar-refractivity contribution in [1.82, 2.24) is 9.97 Å². The normalized spacial score (nSPS) is 18.7. The number of hydrogen-bond acceptors (Lipinski definition) is 4. The maximum absolute atomic E-state index is 9.22. The van der Waals surface area contributed by atoms with Crippen molar-refractivity contribution in [3.8, 4) is 0 Å². The van der Waals surface area contributed by atoms with Crippen LogP contribution in [0.25, 0.3) is 0 Å². The van der Waals surface area contributed by atoms with E-state index < -0.39 is 0 Å². The fourth-order valence-corrected chi connectivity index (χ4v) is 1.75. The predicted molar refractivity (Wildman–Crippen MR) is 54.3 cm³/mol. The molecule has 76 valence electrons. The van der Waals surface area contributed by atoms with E-state index in [-0.39, 0.29) is 12.1 Å². The molecule has 1 aliphatic rings. The van der Waals surface area contributed by atoms with Crippen LogP contribution in [0.4, 0.5) is 5.82 Å². The summed E-state index contributed by atoms with van der Waals surface area (Å²) in [5.41, 5.74) is -0.195. The molecule has 1 aliphatic carbocycles. The Morgan fingerprint density at radius 2 is 2.29 bits per heavy atom. The van der Waals surface area contributed by atoms with Gasteiger partial charge in [0.1, 0.15) is 11.0 Å². The van der Waals surface area contributed by atoms with E-state index in [1.807, 2.05) is 0 Å². The highest BCUT2D eigenvalue weighted by molar-refractivity contribution is 6.29. The highest BCUT2D eigenvalue weighted by atomic mass is 35.5. The number of nitrogens with zero attached hydrogens (tertiary/aromatic N) is 2. The summed E-state index contributed by atoms with van der Waals surface area (Å²) < 4.78 is 0. The summed E-state index contributed by atoms with van der Waals surface area (Å²) in [6, 6.07) is 0. The van der Waals surface area contributed by atoms with E-state index in [1.165, 1.54) is 6.20 Å². The van der Waals surface area contributed by atoms with Crippen LogP contribution >= 0.6 is 11.6 Å². The zero-order valence-electron chi connectivity index (χ0n) is 7.70. The first-order valence-corrected chi connectivity index (χ1v) is 4.98. The van der Waals surface area contributed by atoms with Crippen molar-refractivity contribution >= 4 is 17.4 Å². The Kier molecular flexibility index (Phi) is 2.56. The fraction of sp³-hybridized carbons (Fsp3) is 0.556. The van der Waals surface area contributed by atoms with Crippen molar-refractivity contribution in [2.24, 2.45) is 0 Å². The third kappa shape index (κ3) is 1.81. The molecule has 2 N–H and O–H groups in total. The number of aliphatic hydroxyl groups excluding tert-OH is 1. The minimum absolute atomic E-state index is 0.126. The third-order valence-electron chi connectivity index (χ3n) is 2.61. The van der Waals surface area contributed by atoms with Crippen molar-refractivity contribution in [3.63, 3.8) is 0 Å². The molecule has 0 atom stereocenters. The molecule has 0 unspecified atom stereocenters. The highest BCUT2D eigenvalue weighted by Crippen LogP contribution is 2.34. The number of aliphatic hydroxyl groups is 1. The van der Waals surface area contributed by atoms with Crippen molar-refractivity contribution in [3.05, 3.63) is 17.5 Å². The summed E-state index contributed by atoms with van der Waals surface area (Å²) in [7, 11) is 0. The average Bonchev–Trinajstić information content (AvgIpc) is 2.11. The minimum atomic E-state index is -0.195. The zero-order valence-corrected chi connectivity index (χ0v) is 8.46. The van der Waals surface area contributed by atoms with Gasteiger partial charge in [-0.3, -0.25) is 4.98 Å². The Balaban J connectivity index is 2.09. The highest BCUT2D eigenvalue weighted by Gasteiger charge is 2.36. The van der Waals surface area contributed by atoms with E-state index >= 15 is 0 Å². The molecule has 14 heavy (non-hydrogen) atoms. The van der Waals surface area contributed by atoms with Crippen LogP contribution in [0.3, 0.4) is 0 Å². The third-order valence-corrected chi connectivity index (χ3v) is 2.79. The molecule has 1 aromatic rings. The Morgan fingerprint density at radius 1 is 1.50 bits per heavy atom. The standard InChI is InChI=1S/C9H12ClN3O/c10-7-4-11-5-8(12-7)13-9(6-14)2-1-3-9/h4-5,14H,1-3,6H2,(H,12,13). The summed E-state index contributed by atoms with van der Waals surface area (Å²) in [6.07, 6.45) is 6.18. The van der Waals surface area contributed by atoms with Crippen LogP contribution in [0.2, 0.25) is 5.15 Å². The first kappa shape index (κ1) is 9.68. The Hall–Kier alpha value is -0.870. The first-order valence-electron chi connectivity index (χ1n) is 4.61. The van der Waals surface area contributed by atoms with E-state index in [0.717, 1.165) is 19.3 Å². The number of halogens is 1. The number of anilines is 1. The van der Waals surface area contributed by atoms with Gasteiger partial charge in [-0.05, 0) is 19.3 Å². The maximum Gasteiger partial charge on any atom is 0.149 e. The zero-order chi connectivity index (χ0) is 10.0. The molecule has 1 heterocycles. The summed E-state index contributed by atoms with van der Waals surface area (Å²) >= 11 is 5.70. The second kappa shape index (κ2) is 3.71. The summed E-state index contributed by atoms with van der Waals surface area (Å²) in [6.45, 7) is 0.126. The lowest BCUT2D eigenvalue weighted by molar-refractivity contribution is 0.144. The van der Waals surface area contributed by atoms with E-state index in [1.54, 1.807) is 6.20 Å².